The number of H-pyrrole nitrogens is 1. The minimum atomic E-state index is -0.321. The van der Waals surface area contributed by atoms with Gasteiger partial charge in [0, 0.05) is 23.3 Å². The topological polar surface area (TPSA) is 53.2 Å². The van der Waals surface area contributed by atoms with Crippen molar-refractivity contribution in [1.29, 1.82) is 0 Å². The van der Waals surface area contributed by atoms with Crippen LogP contribution in [0.25, 0.3) is 0 Å². The second-order valence-corrected chi connectivity index (χ2v) is 6.38. The van der Waals surface area contributed by atoms with E-state index in [4.69, 9.17) is 11.6 Å². The van der Waals surface area contributed by atoms with Crippen LogP contribution in [0.15, 0.2) is 41.2 Å². The number of carbonyl (C=O) groups excluding carboxylic acids is 1. The molecule has 3 rings (SSSR count). The molecular weight excluding hydrogens is 312 g/mol. The highest BCUT2D eigenvalue weighted by atomic mass is 35.5. The van der Waals surface area contributed by atoms with Crippen molar-refractivity contribution >= 4 is 17.5 Å². The number of amides is 1. The molecule has 5 heteroatoms. The lowest BCUT2D eigenvalue weighted by Gasteiger charge is -2.25. The smallest absolute Gasteiger partial charge is 0.260 e. The maximum atomic E-state index is 12.7. The predicted octanol–water partition coefficient (Wildman–Crippen LogP) is 3.18. The van der Waals surface area contributed by atoms with Gasteiger partial charge in [-0.05, 0) is 49.9 Å². The Morgan fingerprint density at radius 2 is 2.09 bits per heavy atom. The van der Waals surface area contributed by atoms with E-state index in [9.17, 15) is 9.59 Å². The van der Waals surface area contributed by atoms with E-state index in [-0.39, 0.29) is 23.1 Å². The van der Waals surface area contributed by atoms with Gasteiger partial charge in [0.1, 0.15) is 5.56 Å². The lowest BCUT2D eigenvalue weighted by atomic mass is 10.0. The summed E-state index contributed by atoms with van der Waals surface area (Å²) < 4.78 is 0. The molecule has 1 aromatic carbocycles. The highest BCUT2D eigenvalue weighted by Crippen LogP contribution is 2.25. The fourth-order valence-electron chi connectivity index (χ4n) is 3.13. The lowest BCUT2D eigenvalue weighted by molar-refractivity contribution is 0.0734. The molecule has 0 bridgehead atoms. The molecule has 2 aromatic rings. The fraction of sp³-hybridized carbons (Fsp3) is 0.333. The van der Waals surface area contributed by atoms with Gasteiger partial charge in [-0.2, -0.15) is 0 Å². The van der Waals surface area contributed by atoms with Crippen LogP contribution in [-0.2, 0) is 6.42 Å². The summed E-state index contributed by atoms with van der Waals surface area (Å²) in [4.78, 5) is 29.3. The number of likely N-dealkylation sites (tertiary alicyclic amines) is 1. The van der Waals surface area contributed by atoms with Gasteiger partial charge in [0.25, 0.3) is 11.5 Å². The first kappa shape index (κ1) is 15.8. The van der Waals surface area contributed by atoms with E-state index in [0.717, 1.165) is 35.5 Å². The fourth-order valence-corrected chi connectivity index (χ4v) is 3.34. The molecule has 2 heterocycles. The van der Waals surface area contributed by atoms with Gasteiger partial charge in [-0.25, -0.2) is 0 Å². The van der Waals surface area contributed by atoms with Crippen LogP contribution in [0, 0.1) is 6.92 Å². The number of rotatable bonds is 3. The van der Waals surface area contributed by atoms with Gasteiger partial charge in [0.05, 0.1) is 0 Å². The first-order valence-corrected chi connectivity index (χ1v) is 8.18. The van der Waals surface area contributed by atoms with E-state index < -0.39 is 0 Å². The molecule has 1 aliphatic heterocycles. The zero-order valence-corrected chi connectivity index (χ0v) is 13.8. The Hall–Kier alpha value is -2.07. The third-order valence-corrected chi connectivity index (χ3v) is 4.71. The van der Waals surface area contributed by atoms with Crippen molar-refractivity contribution in [2.45, 2.75) is 32.2 Å². The van der Waals surface area contributed by atoms with Gasteiger partial charge in [-0.15, -0.1) is 0 Å². The lowest BCUT2D eigenvalue weighted by Crippen LogP contribution is -2.39. The normalized spacial score (nSPS) is 17.5. The summed E-state index contributed by atoms with van der Waals surface area (Å²) in [6.45, 7) is 2.48. The van der Waals surface area contributed by atoms with Crippen LogP contribution < -0.4 is 5.56 Å². The van der Waals surface area contributed by atoms with Crippen LogP contribution >= 0.6 is 11.6 Å². The van der Waals surface area contributed by atoms with Crippen molar-refractivity contribution in [3.8, 4) is 0 Å². The Morgan fingerprint density at radius 3 is 2.83 bits per heavy atom. The van der Waals surface area contributed by atoms with Crippen LogP contribution in [0.1, 0.15) is 34.5 Å². The van der Waals surface area contributed by atoms with Gasteiger partial charge in [0.2, 0.25) is 0 Å². The summed E-state index contributed by atoms with van der Waals surface area (Å²) in [5.41, 5.74) is 1.68. The number of aromatic nitrogens is 1. The maximum absolute atomic E-state index is 12.7. The number of nitrogens with zero attached hydrogens (tertiary/aromatic N) is 1. The summed E-state index contributed by atoms with van der Waals surface area (Å²) in [6, 6.07) is 11.2. The maximum Gasteiger partial charge on any atom is 0.260 e. The molecule has 1 atom stereocenters. The van der Waals surface area contributed by atoms with Crippen LogP contribution in [0.3, 0.4) is 0 Å². The minimum Gasteiger partial charge on any atom is -0.335 e. The quantitative estimate of drug-likeness (QED) is 0.939. The summed E-state index contributed by atoms with van der Waals surface area (Å²) in [5.74, 6) is -0.194. The number of aromatic amines is 1. The monoisotopic (exact) mass is 330 g/mol. The molecule has 0 radical (unpaired) electrons. The third-order valence-electron chi connectivity index (χ3n) is 4.34. The average Bonchev–Trinajstić information content (AvgIpc) is 2.97. The zero-order valence-electron chi connectivity index (χ0n) is 13.0. The Morgan fingerprint density at radius 1 is 1.30 bits per heavy atom. The summed E-state index contributed by atoms with van der Waals surface area (Å²) in [5, 5.41) is 0.722. The molecule has 1 saturated heterocycles. The molecule has 1 N–H and O–H groups in total. The van der Waals surface area contributed by atoms with Crippen molar-refractivity contribution < 1.29 is 4.79 Å². The number of carbonyl (C=O) groups is 1. The molecular formula is C18H19ClN2O2. The Labute approximate surface area is 140 Å². The van der Waals surface area contributed by atoms with Crippen LogP contribution in [0.2, 0.25) is 5.02 Å². The number of pyridine rings is 1. The van der Waals surface area contributed by atoms with Gasteiger partial charge in [-0.1, -0.05) is 29.8 Å². The number of benzene rings is 1. The molecule has 0 unspecified atom stereocenters. The van der Waals surface area contributed by atoms with Crippen LogP contribution in [0.5, 0.6) is 0 Å². The molecule has 1 aliphatic rings. The first-order valence-electron chi connectivity index (χ1n) is 7.80. The van der Waals surface area contributed by atoms with E-state index in [2.05, 4.69) is 4.98 Å². The predicted molar refractivity (Wildman–Crippen MR) is 91.0 cm³/mol. The second-order valence-electron chi connectivity index (χ2n) is 5.97. The summed E-state index contributed by atoms with van der Waals surface area (Å²) >= 11 is 6.23. The van der Waals surface area contributed by atoms with E-state index in [1.54, 1.807) is 19.1 Å². The number of aryl methyl sites for hydroxylation is 1. The van der Waals surface area contributed by atoms with E-state index in [1.165, 1.54) is 0 Å². The minimum absolute atomic E-state index is 0.0862. The van der Waals surface area contributed by atoms with Crippen molar-refractivity contribution in [2.75, 3.05) is 6.54 Å². The summed E-state index contributed by atoms with van der Waals surface area (Å²) in [7, 11) is 0. The zero-order chi connectivity index (χ0) is 16.4. The van der Waals surface area contributed by atoms with Crippen molar-refractivity contribution in [1.82, 2.24) is 9.88 Å². The summed E-state index contributed by atoms with van der Waals surface area (Å²) in [6.07, 6.45) is 2.60. The van der Waals surface area contributed by atoms with Crippen molar-refractivity contribution in [2.24, 2.45) is 0 Å². The molecule has 1 amide bonds. The molecule has 0 spiro atoms. The first-order chi connectivity index (χ1) is 11.1. The number of nitrogens with one attached hydrogen (secondary N) is 1. The van der Waals surface area contributed by atoms with Gasteiger partial charge >= 0.3 is 0 Å². The van der Waals surface area contributed by atoms with E-state index in [0.29, 0.717) is 6.54 Å². The number of halogens is 1. The Kier molecular flexibility index (Phi) is 4.53. The highest BCUT2D eigenvalue weighted by Gasteiger charge is 2.31. The molecule has 23 heavy (non-hydrogen) atoms. The van der Waals surface area contributed by atoms with Gasteiger partial charge in [-0.3, -0.25) is 9.59 Å². The van der Waals surface area contributed by atoms with Gasteiger partial charge in [0.15, 0.2) is 0 Å². The van der Waals surface area contributed by atoms with E-state index >= 15 is 0 Å². The third kappa shape index (κ3) is 3.32. The molecule has 1 aromatic heterocycles. The Bertz CT molecular complexity index is 785. The SMILES string of the molecule is Cc1ccc(C(=O)N2CCC[C@@H]2Cc2ccccc2Cl)c(=O)[nH]1. The largest absolute Gasteiger partial charge is 0.335 e. The molecule has 1 fully saturated rings. The molecule has 120 valence electrons. The highest BCUT2D eigenvalue weighted by molar-refractivity contribution is 6.31. The Balaban J connectivity index is 1.82. The standard InChI is InChI=1S/C18H19ClN2O2/c1-12-8-9-15(17(22)20-12)18(23)21-10-4-6-14(21)11-13-5-2-3-7-16(13)19/h2-3,5,7-9,14H,4,6,10-11H2,1H3,(H,20,22)/t14-/m1/s1. The van der Waals surface area contributed by atoms with Crippen molar-refractivity contribution in [3.05, 3.63) is 68.6 Å². The van der Waals surface area contributed by atoms with Gasteiger partial charge < -0.3 is 9.88 Å². The molecule has 0 aliphatic carbocycles. The van der Waals surface area contributed by atoms with Crippen LogP contribution in [0.4, 0.5) is 0 Å². The molecule has 0 saturated carbocycles. The number of hydrogen-bond acceptors (Lipinski definition) is 2. The average molecular weight is 331 g/mol. The van der Waals surface area contributed by atoms with Crippen LogP contribution in [-0.4, -0.2) is 28.4 Å². The van der Waals surface area contributed by atoms with Crippen molar-refractivity contribution in [3.63, 3.8) is 0 Å². The van der Waals surface area contributed by atoms with E-state index in [1.807, 2.05) is 29.2 Å². The molecule has 4 nitrogen and oxygen atoms in total. The second kappa shape index (κ2) is 6.59. The number of hydrogen-bond donors (Lipinski definition) is 1.